The van der Waals surface area contributed by atoms with Gasteiger partial charge in [0.2, 0.25) is 6.29 Å². The molecule has 164 valence electrons. The fourth-order valence-electron chi connectivity index (χ4n) is 3.34. The van der Waals surface area contributed by atoms with Crippen LogP contribution >= 0.6 is 0 Å². The van der Waals surface area contributed by atoms with Crippen LogP contribution in [0.25, 0.3) is 0 Å². The summed E-state index contributed by atoms with van der Waals surface area (Å²) in [6, 6.07) is 6.44. The second-order valence-electron chi connectivity index (χ2n) is 7.93. The van der Waals surface area contributed by atoms with Gasteiger partial charge in [0.25, 0.3) is 0 Å². The number of carbonyl (C=O) groups excluding carboxylic acids is 1. The first kappa shape index (κ1) is 23.7. The molecule has 9 heteroatoms. The Balaban J connectivity index is 2.08. The molecule has 1 aliphatic rings. The maximum absolute atomic E-state index is 12.9. The van der Waals surface area contributed by atoms with Gasteiger partial charge >= 0.3 is 0 Å². The highest BCUT2D eigenvalue weighted by molar-refractivity contribution is 5.98. The summed E-state index contributed by atoms with van der Waals surface area (Å²) in [6.45, 7) is 0.720. The van der Waals surface area contributed by atoms with Crippen LogP contribution in [0.3, 0.4) is 0 Å². The Morgan fingerprint density at radius 3 is 2.03 bits per heavy atom. The Hall–Kier alpha value is -1.59. The maximum Gasteiger partial charge on any atom is 0.229 e. The van der Waals surface area contributed by atoms with Crippen molar-refractivity contribution < 1.29 is 34.7 Å². The summed E-state index contributed by atoms with van der Waals surface area (Å²) in [5.41, 5.74) is 0.542. The zero-order valence-corrected chi connectivity index (χ0v) is 17.3. The van der Waals surface area contributed by atoms with Crippen LogP contribution in [0.4, 0.5) is 0 Å². The zero-order valence-electron chi connectivity index (χ0n) is 17.3. The van der Waals surface area contributed by atoms with Crippen LogP contribution in [0, 0.1) is 5.92 Å². The first-order valence-corrected chi connectivity index (χ1v) is 9.55. The van der Waals surface area contributed by atoms with Crippen LogP contribution in [-0.4, -0.2) is 115 Å². The summed E-state index contributed by atoms with van der Waals surface area (Å²) in [5.74, 6) is 0.159. The van der Waals surface area contributed by atoms with Crippen LogP contribution in [0.2, 0.25) is 0 Å². The fourth-order valence-corrected chi connectivity index (χ4v) is 3.34. The Bertz CT molecular complexity index is 641. The molecule has 0 aliphatic carbocycles. The van der Waals surface area contributed by atoms with Crippen molar-refractivity contribution in [3.63, 3.8) is 0 Å². The number of ketones is 1. The van der Waals surface area contributed by atoms with Gasteiger partial charge in [0.1, 0.15) is 30.2 Å². The Morgan fingerprint density at radius 2 is 1.55 bits per heavy atom. The monoisotopic (exact) mass is 412 g/mol. The number of aliphatic hydroxyl groups excluding tert-OH is 4. The summed E-state index contributed by atoms with van der Waals surface area (Å²) in [7, 11) is 7.70. The SMILES string of the molecule is CN(C)CC(CN(C)C)C(=O)c1ccc(OC2OC(CO)C(O)C(O)C2O)cc1. The molecule has 1 aromatic rings. The van der Waals surface area contributed by atoms with Gasteiger partial charge in [0.15, 0.2) is 5.78 Å². The summed E-state index contributed by atoms with van der Waals surface area (Å²) in [5, 5.41) is 39.0. The van der Waals surface area contributed by atoms with E-state index < -0.39 is 37.3 Å². The third kappa shape index (κ3) is 6.19. The molecule has 0 bridgehead atoms. The molecule has 5 atom stereocenters. The van der Waals surface area contributed by atoms with E-state index in [0.29, 0.717) is 24.4 Å². The molecule has 1 fully saturated rings. The van der Waals surface area contributed by atoms with E-state index in [1.165, 1.54) is 0 Å². The zero-order chi connectivity index (χ0) is 21.7. The lowest BCUT2D eigenvalue weighted by Gasteiger charge is -2.39. The fraction of sp³-hybridized carbons (Fsp3) is 0.650. The predicted molar refractivity (Wildman–Crippen MR) is 106 cm³/mol. The number of nitrogens with zero attached hydrogens (tertiary/aromatic N) is 2. The number of benzene rings is 1. The van der Waals surface area contributed by atoms with Crippen molar-refractivity contribution in [2.75, 3.05) is 47.9 Å². The van der Waals surface area contributed by atoms with E-state index in [1.807, 2.05) is 38.0 Å². The lowest BCUT2D eigenvalue weighted by molar-refractivity contribution is -0.277. The first-order valence-electron chi connectivity index (χ1n) is 9.55. The van der Waals surface area contributed by atoms with Gasteiger partial charge in [-0.1, -0.05) is 0 Å². The molecule has 5 unspecified atom stereocenters. The van der Waals surface area contributed by atoms with Crippen LogP contribution in [0.5, 0.6) is 5.75 Å². The molecule has 1 aromatic carbocycles. The van der Waals surface area contributed by atoms with E-state index in [4.69, 9.17) is 9.47 Å². The van der Waals surface area contributed by atoms with E-state index in [2.05, 4.69) is 0 Å². The smallest absolute Gasteiger partial charge is 0.229 e. The summed E-state index contributed by atoms with van der Waals surface area (Å²) < 4.78 is 10.9. The van der Waals surface area contributed by atoms with E-state index >= 15 is 0 Å². The van der Waals surface area contributed by atoms with E-state index in [0.717, 1.165) is 0 Å². The molecule has 1 aliphatic heterocycles. The lowest BCUT2D eigenvalue weighted by atomic mass is 9.96. The molecular formula is C20H32N2O7. The van der Waals surface area contributed by atoms with Crippen LogP contribution < -0.4 is 4.74 Å². The van der Waals surface area contributed by atoms with Gasteiger partial charge < -0.3 is 39.7 Å². The van der Waals surface area contributed by atoms with Crippen LogP contribution in [0.1, 0.15) is 10.4 Å². The van der Waals surface area contributed by atoms with E-state index in [1.54, 1.807) is 24.3 Å². The van der Waals surface area contributed by atoms with Gasteiger partial charge in [-0.05, 0) is 52.5 Å². The van der Waals surface area contributed by atoms with Crippen molar-refractivity contribution in [2.24, 2.45) is 5.92 Å². The van der Waals surface area contributed by atoms with Gasteiger partial charge in [0.05, 0.1) is 6.61 Å². The van der Waals surface area contributed by atoms with E-state index in [9.17, 15) is 25.2 Å². The Labute approximate surface area is 171 Å². The van der Waals surface area contributed by atoms with Crippen molar-refractivity contribution in [3.05, 3.63) is 29.8 Å². The van der Waals surface area contributed by atoms with Crippen molar-refractivity contribution in [3.8, 4) is 5.75 Å². The van der Waals surface area contributed by atoms with Crippen LogP contribution in [-0.2, 0) is 4.74 Å². The molecule has 9 nitrogen and oxygen atoms in total. The number of Topliss-reactive ketones (excluding diaryl/α,β-unsaturated/α-hetero) is 1. The summed E-state index contributed by atoms with van der Waals surface area (Å²) >= 11 is 0. The number of hydrogen-bond donors (Lipinski definition) is 4. The molecule has 0 aromatic heterocycles. The normalized spacial score (nSPS) is 27.6. The van der Waals surface area contributed by atoms with Crippen molar-refractivity contribution in [1.82, 2.24) is 9.80 Å². The second kappa shape index (κ2) is 10.4. The second-order valence-corrected chi connectivity index (χ2v) is 7.93. The first-order chi connectivity index (χ1) is 13.6. The Kier molecular flexibility index (Phi) is 8.53. The average molecular weight is 412 g/mol. The highest BCUT2D eigenvalue weighted by Gasteiger charge is 2.44. The number of carbonyl (C=O) groups is 1. The molecule has 0 spiro atoms. The molecule has 0 saturated carbocycles. The van der Waals surface area contributed by atoms with Gasteiger partial charge in [-0.25, -0.2) is 0 Å². The molecule has 0 radical (unpaired) electrons. The minimum Gasteiger partial charge on any atom is -0.462 e. The third-order valence-electron chi connectivity index (χ3n) is 4.78. The van der Waals surface area contributed by atoms with E-state index in [-0.39, 0.29) is 11.7 Å². The summed E-state index contributed by atoms with van der Waals surface area (Å²) in [6.07, 6.45) is -6.75. The average Bonchev–Trinajstić information content (AvgIpc) is 2.67. The number of rotatable bonds is 9. The third-order valence-corrected chi connectivity index (χ3v) is 4.78. The molecule has 1 saturated heterocycles. The highest BCUT2D eigenvalue weighted by Crippen LogP contribution is 2.25. The molecule has 2 rings (SSSR count). The standard InChI is InChI=1S/C20H32N2O7/c1-21(2)9-13(10-22(3)4)16(24)12-5-7-14(8-6-12)28-20-19(27)18(26)17(25)15(11-23)29-20/h5-8,13,15,17-20,23,25-27H,9-11H2,1-4H3. The number of ether oxygens (including phenoxy) is 2. The van der Waals surface area contributed by atoms with Gasteiger partial charge in [-0.3, -0.25) is 4.79 Å². The molecular weight excluding hydrogens is 380 g/mol. The Morgan fingerprint density at radius 1 is 1.00 bits per heavy atom. The molecule has 4 N–H and O–H groups in total. The highest BCUT2D eigenvalue weighted by atomic mass is 16.7. The molecule has 1 heterocycles. The number of hydrogen-bond acceptors (Lipinski definition) is 9. The number of aliphatic hydroxyl groups is 4. The summed E-state index contributed by atoms with van der Waals surface area (Å²) in [4.78, 5) is 16.8. The van der Waals surface area contributed by atoms with Crippen molar-refractivity contribution in [2.45, 2.75) is 30.7 Å². The van der Waals surface area contributed by atoms with Gasteiger partial charge in [-0.15, -0.1) is 0 Å². The van der Waals surface area contributed by atoms with Gasteiger partial charge in [-0.2, -0.15) is 0 Å². The van der Waals surface area contributed by atoms with Crippen LogP contribution in [0.15, 0.2) is 24.3 Å². The molecule has 0 amide bonds. The maximum atomic E-state index is 12.9. The predicted octanol–water partition coefficient (Wildman–Crippen LogP) is -1.21. The quantitative estimate of drug-likeness (QED) is 0.370. The van der Waals surface area contributed by atoms with Crippen molar-refractivity contribution >= 4 is 5.78 Å². The molecule has 29 heavy (non-hydrogen) atoms. The minimum atomic E-state index is -1.51. The van der Waals surface area contributed by atoms with Crippen molar-refractivity contribution in [1.29, 1.82) is 0 Å². The lowest BCUT2D eigenvalue weighted by Crippen LogP contribution is -2.60. The minimum absolute atomic E-state index is 0.0202. The largest absolute Gasteiger partial charge is 0.462 e. The topological polar surface area (TPSA) is 123 Å². The van der Waals surface area contributed by atoms with Gasteiger partial charge in [0, 0.05) is 24.6 Å².